The maximum atomic E-state index is 12.2. The quantitative estimate of drug-likeness (QED) is 0.660. The first-order valence-corrected chi connectivity index (χ1v) is 8.09. The van der Waals surface area contributed by atoms with E-state index in [2.05, 4.69) is 5.32 Å². The number of carbonyl (C=O) groups is 1. The fourth-order valence-corrected chi connectivity index (χ4v) is 4.26. The normalized spacial score (nSPS) is 26.9. The summed E-state index contributed by atoms with van der Waals surface area (Å²) in [4.78, 5) is 34.2. The van der Waals surface area contributed by atoms with Gasteiger partial charge in [-0.15, -0.1) is 0 Å². The van der Waals surface area contributed by atoms with Crippen LogP contribution in [-0.2, 0) is 11.3 Å². The number of nitro groups is 1. The zero-order valence-electron chi connectivity index (χ0n) is 13.1. The van der Waals surface area contributed by atoms with Crippen molar-refractivity contribution in [1.29, 1.82) is 0 Å². The molecule has 2 saturated carbocycles. The SMILES string of the molecule is C[C@H](NC(=O)Cn1cccc([N+](=O)[O-])c1=O)[C@@H]1C[C@H]2CC[C@H]1C2. The first-order valence-electron chi connectivity index (χ1n) is 8.09. The van der Waals surface area contributed by atoms with Crippen molar-refractivity contribution in [2.75, 3.05) is 0 Å². The fourth-order valence-electron chi connectivity index (χ4n) is 4.26. The Morgan fingerprint density at radius 2 is 2.26 bits per heavy atom. The lowest BCUT2D eigenvalue weighted by atomic mass is 9.84. The highest BCUT2D eigenvalue weighted by Crippen LogP contribution is 2.49. The largest absolute Gasteiger partial charge is 0.352 e. The summed E-state index contributed by atoms with van der Waals surface area (Å²) in [6.45, 7) is 1.82. The van der Waals surface area contributed by atoms with E-state index in [0.29, 0.717) is 11.8 Å². The van der Waals surface area contributed by atoms with Crippen molar-refractivity contribution in [3.8, 4) is 0 Å². The van der Waals surface area contributed by atoms with Gasteiger partial charge in [0, 0.05) is 18.3 Å². The van der Waals surface area contributed by atoms with Gasteiger partial charge in [0.1, 0.15) is 6.54 Å². The van der Waals surface area contributed by atoms with Crippen LogP contribution in [0.5, 0.6) is 0 Å². The van der Waals surface area contributed by atoms with Gasteiger partial charge in [0.25, 0.3) is 0 Å². The average Bonchev–Trinajstić information content (AvgIpc) is 3.11. The molecule has 0 aliphatic heterocycles. The van der Waals surface area contributed by atoms with Crippen LogP contribution in [0.15, 0.2) is 23.1 Å². The molecule has 1 heterocycles. The number of aromatic nitrogens is 1. The second kappa shape index (κ2) is 6.14. The number of pyridine rings is 1. The van der Waals surface area contributed by atoms with E-state index in [0.717, 1.165) is 16.6 Å². The Morgan fingerprint density at radius 1 is 1.48 bits per heavy atom. The summed E-state index contributed by atoms with van der Waals surface area (Å²) in [7, 11) is 0. The smallest absolute Gasteiger partial charge is 0.334 e. The van der Waals surface area contributed by atoms with Gasteiger partial charge in [-0.3, -0.25) is 19.7 Å². The van der Waals surface area contributed by atoms with Crippen LogP contribution < -0.4 is 10.9 Å². The molecule has 2 aliphatic carbocycles. The van der Waals surface area contributed by atoms with E-state index in [4.69, 9.17) is 0 Å². The average molecular weight is 319 g/mol. The second-order valence-corrected chi connectivity index (χ2v) is 6.78. The number of fused-ring (bicyclic) bond motifs is 2. The third-order valence-corrected chi connectivity index (χ3v) is 5.33. The van der Waals surface area contributed by atoms with E-state index in [1.807, 2.05) is 6.92 Å². The Bertz CT molecular complexity index is 684. The van der Waals surface area contributed by atoms with Gasteiger partial charge in [-0.05, 0) is 50.0 Å². The highest BCUT2D eigenvalue weighted by Gasteiger charge is 2.42. The first-order chi connectivity index (χ1) is 11.0. The Balaban J connectivity index is 1.62. The molecule has 0 unspecified atom stereocenters. The predicted molar refractivity (Wildman–Crippen MR) is 83.9 cm³/mol. The Morgan fingerprint density at radius 3 is 2.87 bits per heavy atom. The van der Waals surface area contributed by atoms with Crippen molar-refractivity contribution >= 4 is 11.6 Å². The van der Waals surface area contributed by atoms with Gasteiger partial charge in [-0.1, -0.05) is 6.42 Å². The van der Waals surface area contributed by atoms with Gasteiger partial charge >= 0.3 is 11.2 Å². The molecule has 23 heavy (non-hydrogen) atoms. The molecule has 2 fully saturated rings. The van der Waals surface area contributed by atoms with E-state index >= 15 is 0 Å². The second-order valence-electron chi connectivity index (χ2n) is 6.78. The number of nitrogens with zero attached hydrogens (tertiary/aromatic N) is 2. The Labute approximate surface area is 133 Å². The van der Waals surface area contributed by atoms with E-state index < -0.39 is 16.2 Å². The van der Waals surface area contributed by atoms with Crippen LogP contribution in [-0.4, -0.2) is 21.4 Å². The molecule has 124 valence electrons. The van der Waals surface area contributed by atoms with Crippen LogP contribution >= 0.6 is 0 Å². The zero-order valence-corrected chi connectivity index (χ0v) is 13.1. The molecule has 1 N–H and O–H groups in total. The van der Waals surface area contributed by atoms with Crippen LogP contribution in [0.3, 0.4) is 0 Å². The van der Waals surface area contributed by atoms with Crippen LogP contribution in [0.25, 0.3) is 0 Å². The van der Waals surface area contributed by atoms with Crippen molar-refractivity contribution in [2.45, 2.75) is 45.2 Å². The monoisotopic (exact) mass is 319 g/mol. The highest BCUT2D eigenvalue weighted by atomic mass is 16.6. The summed E-state index contributed by atoms with van der Waals surface area (Å²) in [6.07, 6.45) is 6.40. The summed E-state index contributed by atoms with van der Waals surface area (Å²) in [5.41, 5.74) is -1.26. The standard InChI is InChI=1S/C16H21N3O4/c1-10(13-8-11-4-5-12(13)7-11)17-15(20)9-18-6-2-3-14(16(18)21)19(22)23/h2-3,6,10-13H,4-5,7-9H2,1H3,(H,17,20)/t10-,11-,12-,13-/m0/s1. The minimum Gasteiger partial charge on any atom is -0.352 e. The highest BCUT2D eigenvalue weighted by molar-refractivity contribution is 5.76. The number of nitrogens with one attached hydrogen (secondary N) is 1. The molecule has 4 atom stereocenters. The van der Waals surface area contributed by atoms with Gasteiger partial charge in [0.15, 0.2) is 0 Å². The van der Waals surface area contributed by atoms with Crippen molar-refractivity contribution in [1.82, 2.24) is 9.88 Å². The minimum absolute atomic E-state index is 0.0761. The lowest BCUT2D eigenvalue weighted by Gasteiger charge is -2.28. The molecular weight excluding hydrogens is 298 g/mol. The lowest BCUT2D eigenvalue weighted by Crippen LogP contribution is -2.42. The first kappa shape index (κ1) is 15.7. The van der Waals surface area contributed by atoms with Gasteiger partial charge in [0.05, 0.1) is 4.92 Å². The van der Waals surface area contributed by atoms with Crippen molar-refractivity contribution in [2.24, 2.45) is 17.8 Å². The molecule has 2 bridgehead atoms. The molecule has 2 aliphatic rings. The fraction of sp³-hybridized carbons (Fsp3) is 0.625. The third-order valence-electron chi connectivity index (χ3n) is 5.33. The Kier molecular flexibility index (Phi) is 4.19. The molecule has 1 aromatic heterocycles. The molecule has 1 amide bonds. The van der Waals surface area contributed by atoms with E-state index in [1.165, 1.54) is 37.9 Å². The summed E-state index contributed by atoms with van der Waals surface area (Å²) < 4.78 is 1.08. The molecule has 1 aromatic rings. The molecule has 0 aromatic carbocycles. The number of amides is 1. The minimum atomic E-state index is -0.750. The molecule has 7 nitrogen and oxygen atoms in total. The maximum Gasteiger partial charge on any atom is 0.334 e. The van der Waals surface area contributed by atoms with Crippen LogP contribution in [0.4, 0.5) is 5.69 Å². The molecule has 0 spiro atoms. The van der Waals surface area contributed by atoms with Gasteiger partial charge in [0.2, 0.25) is 5.91 Å². The molecule has 0 radical (unpaired) electrons. The number of carbonyl (C=O) groups excluding carboxylic acids is 1. The summed E-state index contributed by atoms with van der Waals surface area (Å²) in [5, 5.41) is 13.7. The summed E-state index contributed by atoms with van der Waals surface area (Å²) in [6, 6.07) is 2.63. The maximum absolute atomic E-state index is 12.2. The molecule has 3 rings (SSSR count). The summed E-state index contributed by atoms with van der Waals surface area (Å²) >= 11 is 0. The summed E-state index contributed by atoms with van der Waals surface area (Å²) in [5.74, 6) is 1.75. The lowest BCUT2D eigenvalue weighted by molar-refractivity contribution is -0.386. The van der Waals surface area contributed by atoms with Gasteiger partial charge < -0.3 is 9.88 Å². The van der Waals surface area contributed by atoms with Crippen LogP contribution in [0.1, 0.15) is 32.6 Å². The van der Waals surface area contributed by atoms with E-state index in [1.54, 1.807) is 0 Å². The predicted octanol–water partition coefficient (Wildman–Crippen LogP) is 1.70. The molecule has 0 saturated heterocycles. The Hall–Kier alpha value is -2.18. The molecular formula is C16H21N3O4. The van der Waals surface area contributed by atoms with Gasteiger partial charge in [-0.25, -0.2) is 0 Å². The van der Waals surface area contributed by atoms with Crippen molar-refractivity contribution in [3.63, 3.8) is 0 Å². The zero-order chi connectivity index (χ0) is 16.6. The molecule has 7 heteroatoms. The van der Waals surface area contributed by atoms with Crippen molar-refractivity contribution < 1.29 is 9.72 Å². The topological polar surface area (TPSA) is 94.2 Å². The van der Waals surface area contributed by atoms with Crippen LogP contribution in [0, 0.1) is 27.9 Å². The van der Waals surface area contributed by atoms with E-state index in [9.17, 15) is 19.7 Å². The number of hydrogen-bond donors (Lipinski definition) is 1. The van der Waals surface area contributed by atoms with Crippen LogP contribution in [0.2, 0.25) is 0 Å². The number of rotatable bonds is 5. The third kappa shape index (κ3) is 3.13. The number of hydrogen-bond acceptors (Lipinski definition) is 4. The van der Waals surface area contributed by atoms with Gasteiger partial charge in [-0.2, -0.15) is 0 Å². The van der Waals surface area contributed by atoms with Crippen molar-refractivity contribution in [3.05, 3.63) is 38.8 Å². The van der Waals surface area contributed by atoms with E-state index in [-0.39, 0.29) is 18.5 Å².